The minimum absolute atomic E-state index is 0.954. The number of benzene rings is 1. The average Bonchev–Trinajstić information content (AvgIpc) is 2.45. The van der Waals surface area contributed by atoms with Crippen LogP contribution in [0.25, 0.3) is 0 Å². The van der Waals surface area contributed by atoms with Crippen molar-refractivity contribution < 1.29 is 4.74 Å². The van der Waals surface area contributed by atoms with E-state index in [-0.39, 0.29) is 0 Å². The van der Waals surface area contributed by atoms with Crippen LogP contribution >= 0.6 is 11.8 Å². The zero-order valence-corrected chi connectivity index (χ0v) is 12.9. The Morgan fingerprint density at radius 2 is 1.31 bits per heavy atom. The van der Waals surface area contributed by atoms with Gasteiger partial charge in [-0.2, -0.15) is 0 Å². The Bertz CT molecular complexity index is 189. The lowest BCUT2D eigenvalue weighted by Crippen LogP contribution is -1.83. The Kier molecular flexibility index (Phi) is 25.8. The molecule has 16 heavy (non-hydrogen) atoms. The fourth-order valence-corrected chi connectivity index (χ4v) is 1.35. The van der Waals surface area contributed by atoms with Gasteiger partial charge in [0.25, 0.3) is 0 Å². The van der Waals surface area contributed by atoms with Gasteiger partial charge in [-0.3, -0.25) is 0 Å². The summed E-state index contributed by atoms with van der Waals surface area (Å²) >= 11 is 1.69. The second-order valence-electron chi connectivity index (χ2n) is 1.85. The second kappa shape index (κ2) is 19.9. The van der Waals surface area contributed by atoms with E-state index < -0.39 is 0 Å². The van der Waals surface area contributed by atoms with Gasteiger partial charge < -0.3 is 4.74 Å². The highest BCUT2D eigenvalue weighted by atomic mass is 32.2. The molecule has 0 heterocycles. The molecule has 1 rings (SSSR count). The molecular weight excluding hydrogens is 216 g/mol. The van der Waals surface area contributed by atoms with E-state index in [9.17, 15) is 0 Å². The Morgan fingerprint density at radius 3 is 1.62 bits per heavy atom. The second-order valence-corrected chi connectivity index (χ2v) is 2.70. The first-order valence-corrected chi connectivity index (χ1v) is 7.28. The topological polar surface area (TPSA) is 9.23 Å². The van der Waals surface area contributed by atoms with Gasteiger partial charge in [-0.25, -0.2) is 0 Å². The van der Waals surface area contributed by atoms with Crippen LogP contribution in [-0.2, 0) is 0 Å². The monoisotopic (exact) mass is 244 g/mol. The zero-order chi connectivity index (χ0) is 13.4. The molecule has 2 heteroatoms. The van der Waals surface area contributed by atoms with Crippen molar-refractivity contribution in [2.75, 3.05) is 13.4 Å². The third-order valence-corrected chi connectivity index (χ3v) is 2.07. The van der Waals surface area contributed by atoms with Gasteiger partial charge in [0.1, 0.15) is 5.75 Å². The molecule has 0 aliphatic rings. The molecule has 0 saturated carbocycles. The Balaban J connectivity index is -0.000000245. The molecule has 0 aromatic heterocycles. The van der Waals surface area contributed by atoms with Gasteiger partial charge in [0, 0.05) is 4.90 Å². The zero-order valence-electron chi connectivity index (χ0n) is 12.1. The van der Waals surface area contributed by atoms with Crippen molar-refractivity contribution in [1.29, 1.82) is 0 Å². The van der Waals surface area contributed by atoms with Crippen molar-refractivity contribution in [2.45, 2.75) is 46.4 Å². The number of hydrogen-bond acceptors (Lipinski definition) is 2. The van der Waals surface area contributed by atoms with E-state index in [0.717, 1.165) is 5.75 Å². The van der Waals surface area contributed by atoms with Gasteiger partial charge in [0.05, 0.1) is 7.11 Å². The third-order valence-electron chi connectivity index (χ3n) is 1.29. The highest BCUT2D eigenvalue weighted by molar-refractivity contribution is 7.98. The fraction of sp³-hybridized carbons (Fsp3) is 0.571. The molecule has 0 amide bonds. The molecule has 0 radical (unpaired) electrons. The summed E-state index contributed by atoms with van der Waals surface area (Å²) in [5.74, 6) is 0.954. The van der Waals surface area contributed by atoms with Crippen LogP contribution in [0.15, 0.2) is 29.2 Å². The number of thioether (sulfide) groups is 1. The lowest BCUT2D eigenvalue weighted by atomic mass is 10.3. The van der Waals surface area contributed by atoms with Crippen LogP contribution in [0.4, 0.5) is 0 Å². The molecule has 0 aliphatic carbocycles. The predicted molar refractivity (Wildman–Crippen MR) is 78.8 cm³/mol. The van der Waals surface area contributed by atoms with Crippen LogP contribution in [0.2, 0.25) is 0 Å². The van der Waals surface area contributed by atoms with E-state index in [4.69, 9.17) is 4.74 Å². The average molecular weight is 244 g/mol. The van der Waals surface area contributed by atoms with Crippen molar-refractivity contribution >= 4 is 11.8 Å². The molecule has 0 atom stereocenters. The maximum Gasteiger partial charge on any atom is 0.132 e. The van der Waals surface area contributed by atoms with Crippen molar-refractivity contribution in [3.63, 3.8) is 0 Å². The number of para-hydroxylation sites is 1. The first-order valence-electron chi connectivity index (χ1n) is 6.05. The van der Waals surface area contributed by atoms with Gasteiger partial charge >= 0.3 is 0 Å². The normalized spacial score (nSPS) is 7.00. The summed E-state index contributed by atoms with van der Waals surface area (Å²) in [5.41, 5.74) is 0. The van der Waals surface area contributed by atoms with Crippen LogP contribution < -0.4 is 4.74 Å². The first-order chi connectivity index (χ1) is 7.88. The fourth-order valence-electron chi connectivity index (χ4n) is 0.787. The summed E-state index contributed by atoms with van der Waals surface area (Å²) in [7, 11) is 1.69. The third kappa shape index (κ3) is 9.91. The van der Waals surface area contributed by atoms with E-state index in [0.29, 0.717) is 0 Å². The minimum atomic E-state index is 0.954. The summed E-state index contributed by atoms with van der Waals surface area (Å²) in [4.78, 5) is 1.19. The standard InChI is InChI=1S/C8H10OS.3C2H6/c1-9-7-5-3-4-6-8(7)10-2;3*1-2/h3-6H,1-2H3;3*1-2H3. The van der Waals surface area contributed by atoms with E-state index in [1.807, 2.05) is 72.1 Å². The van der Waals surface area contributed by atoms with Crippen LogP contribution in [0.1, 0.15) is 41.5 Å². The van der Waals surface area contributed by atoms with E-state index in [1.54, 1.807) is 18.9 Å². The van der Waals surface area contributed by atoms with Gasteiger partial charge in [0.15, 0.2) is 0 Å². The largest absolute Gasteiger partial charge is 0.496 e. The maximum absolute atomic E-state index is 5.12. The van der Waals surface area contributed by atoms with Gasteiger partial charge in [0.2, 0.25) is 0 Å². The van der Waals surface area contributed by atoms with E-state index in [2.05, 4.69) is 0 Å². The SMILES string of the molecule is CC.CC.CC.COc1ccccc1SC. The summed E-state index contributed by atoms with van der Waals surface area (Å²) in [6, 6.07) is 7.99. The Hall–Kier alpha value is -0.630. The summed E-state index contributed by atoms with van der Waals surface area (Å²) < 4.78 is 5.12. The molecule has 0 aliphatic heterocycles. The number of rotatable bonds is 2. The number of methoxy groups -OCH3 is 1. The van der Waals surface area contributed by atoms with E-state index >= 15 is 0 Å². The quantitative estimate of drug-likeness (QED) is 0.636. The predicted octanol–water partition coefficient (Wildman–Crippen LogP) is 5.50. The summed E-state index contributed by atoms with van der Waals surface area (Å²) in [5, 5.41) is 0. The molecule has 0 fully saturated rings. The molecule has 0 spiro atoms. The highest BCUT2D eigenvalue weighted by Crippen LogP contribution is 2.25. The van der Waals surface area contributed by atoms with Crippen LogP contribution in [0.3, 0.4) is 0 Å². The molecule has 1 nitrogen and oxygen atoms in total. The van der Waals surface area contributed by atoms with Crippen LogP contribution in [-0.4, -0.2) is 13.4 Å². The molecule has 1 aromatic carbocycles. The molecule has 0 saturated heterocycles. The van der Waals surface area contributed by atoms with Crippen molar-refractivity contribution in [3.05, 3.63) is 24.3 Å². The molecule has 0 bridgehead atoms. The Morgan fingerprint density at radius 1 is 0.875 bits per heavy atom. The lowest BCUT2D eigenvalue weighted by Gasteiger charge is -2.03. The van der Waals surface area contributed by atoms with E-state index in [1.165, 1.54) is 4.90 Å². The van der Waals surface area contributed by atoms with Crippen molar-refractivity contribution in [1.82, 2.24) is 0 Å². The molecular formula is C14H28OS. The van der Waals surface area contributed by atoms with Crippen molar-refractivity contribution in [2.24, 2.45) is 0 Å². The minimum Gasteiger partial charge on any atom is -0.496 e. The van der Waals surface area contributed by atoms with Crippen molar-refractivity contribution in [3.8, 4) is 5.75 Å². The smallest absolute Gasteiger partial charge is 0.132 e. The molecule has 0 N–H and O–H groups in total. The van der Waals surface area contributed by atoms with Gasteiger partial charge in [-0.1, -0.05) is 53.7 Å². The molecule has 96 valence electrons. The number of ether oxygens (including phenoxy) is 1. The number of hydrogen-bond donors (Lipinski definition) is 0. The van der Waals surface area contributed by atoms with Crippen LogP contribution in [0.5, 0.6) is 5.75 Å². The van der Waals surface area contributed by atoms with Crippen LogP contribution in [0, 0.1) is 0 Å². The lowest BCUT2D eigenvalue weighted by molar-refractivity contribution is 0.405. The highest BCUT2D eigenvalue weighted by Gasteiger charge is 1.96. The first kappa shape index (κ1) is 20.7. The van der Waals surface area contributed by atoms with Gasteiger partial charge in [-0.05, 0) is 18.4 Å². The van der Waals surface area contributed by atoms with Gasteiger partial charge in [-0.15, -0.1) is 11.8 Å². The maximum atomic E-state index is 5.12. The Labute approximate surface area is 107 Å². The summed E-state index contributed by atoms with van der Waals surface area (Å²) in [6.45, 7) is 12.0. The molecule has 0 unspecified atom stereocenters. The molecule has 1 aromatic rings. The summed E-state index contributed by atoms with van der Waals surface area (Å²) in [6.07, 6.45) is 2.04.